The average molecular weight is 366 g/mol. The SMILES string of the molecule is COc1ccccc1-c1ccc2c(c1)ncn2-c1ccc(CC(=O)O)cc1.[H-].[Li+]. The van der Waals surface area contributed by atoms with Crippen LogP contribution in [0, 0.1) is 0 Å². The van der Waals surface area contributed by atoms with Gasteiger partial charge in [0.15, 0.2) is 0 Å². The minimum Gasteiger partial charge on any atom is -1.00 e. The number of hydrogen-bond donors (Lipinski definition) is 1. The number of aromatic nitrogens is 2. The van der Waals surface area contributed by atoms with Crippen molar-refractivity contribution in [1.82, 2.24) is 9.55 Å². The first-order valence-electron chi connectivity index (χ1n) is 8.57. The topological polar surface area (TPSA) is 64.4 Å². The number of aliphatic carboxylic acids is 1. The van der Waals surface area contributed by atoms with Crippen molar-refractivity contribution < 1.29 is 34.9 Å². The predicted molar refractivity (Wildman–Crippen MR) is 106 cm³/mol. The second-order valence-electron chi connectivity index (χ2n) is 6.26. The normalized spacial score (nSPS) is 10.5. The Morgan fingerprint density at radius 3 is 2.57 bits per heavy atom. The third-order valence-electron chi connectivity index (χ3n) is 4.54. The molecule has 136 valence electrons. The number of methoxy groups -OCH3 is 1. The van der Waals surface area contributed by atoms with Crippen LogP contribution in [0.3, 0.4) is 0 Å². The van der Waals surface area contributed by atoms with E-state index in [1.165, 1.54) is 0 Å². The maximum atomic E-state index is 10.8. The van der Waals surface area contributed by atoms with E-state index in [9.17, 15) is 4.79 Å². The molecule has 0 saturated heterocycles. The van der Waals surface area contributed by atoms with Gasteiger partial charge in [-0.3, -0.25) is 9.36 Å². The monoisotopic (exact) mass is 366 g/mol. The third-order valence-corrected chi connectivity index (χ3v) is 4.54. The Balaban J connectivity index is 0.00000150. The van der Waals surface area contributed by atoms with Crippen LogP contribution >= 0.6 is 0 Å². The van der Waals surface area contributed by atoms with Gasteiger partial charge in [0.05, 0.1) is 24.6 Å². The summed E-state index contributed by atoms with van der Waals surface area (Å²) in [4.78, 5) is 15.4. The van der Waals surface area contributed by atoms with E-state index in [1.54, 1.807) is 13.4 Å². The number of ether oxygens (including phenoxy) is 1. The zero-order valence-corrected chi connectivity index (χ0v) is 15.8. The van der Waals surface area contributed by atoms with Crippen LogP contribution in [0.4, 0.5) is 0 Å². The van der Waals surface area contributed by atoms with Gasteiger partial charge in [0.1, 0.15) is 12.1 Å². The summed E-state index contributed by atoms with van der Waals surface area (Å²) in [6.07, 6.45) is 1.80. The molecule has 0 amide bonds. The Kier molecular flexibility index (Phi) is 5.89. The van der Waals surface area contributed by atoms with Gasteiger partial charge in [0.25, 0.3) is 0 Å². The van der Waals surface area contributed by atoms with E-state index in [2.05, 4.69) is 11.1 Å². The minimum atomic E-state index is -0.834. The molecule has 1 aromatic heterocycles. The molecule has 0 aliphatic heterocycles. The van der Waals surface area contributed by atoms with E-state index in [0.29, 0.717) is 0 Å². The first-order chi connectivity index (χ1) is 13.2. The standard InChI is InChI=1S/C22H18N2O3.Li.H/c1-27-21-5-3-2-4-18(21)16-8-11-20-19(13-16)23-14-24(20)17-9-6-15(7-10-17)12-22(25)26;;/h2-11,13-14H,12H2,1H3,(H,25,26);;/q;+1;-1. The number of carbonyl (C=O) groups is 1. The summed E-state index contributed by atoms with van der Waals surface area (Å²) in [6.45, 7) is 0. The fourth-order valence-electron chi connectivity index (χ4n) is 3.22. The number of carboxylic acid groups (broad SMARTS) is 1. The Labute approximate surface area is 176 Å². The number of carboxylic acids is 1. The maximum Gasteiger partial charge on any atom is 1.00 e. The Morgan fingerprint density at radius 2 is 1.86 bits per heavy atom. The molecule has 0 aliphatic rings. The molecule has 4 aromatic rings. The molecule has 1 N–H and O–H groups in total. The van der Waals surface area contributed by atoms with Crippen LogP contribution < -0.4 is 23.6 Å². The summed E-state index contributed by atoms with van der Waals surface area (Å²) in [5.74, 6) is -0.00926. The molecule has 0 atom stereocenters. The van der Waals surface area contributed by atoms with Gasteiger partial charge in [-0.25, -0.2) is 4.98 Å². The fourth-order valence-corrected chi connectivity index (χ4v) is 3.22. The van der Waals surface area contributed by atoms with Crippen LogP contribution in [0.25, 0.3) is 27.8 Å². The van der Waals surface area contributed by atoms with Crippen LogP contribution in [0.1, 0.15) is 6.99 Å². The Morgan fingerprint density at radius 1 is 1.11 bits per heavy atom. The van der Waals surface area contributed by atoms with E-state index in [-0.39, 0.29) is 26.7 Å². The van der Waals surface area contributed by atoms with Gasteiger partial charge in [-0.1, -0.05) is 36.4 Å². The van der Waals surface area contributed by atoms with E-state index in [4.69, 9.17) is 9.84 Å². The second-order valence-corrected chi connectivity index (χ2v) is 6.26. The third kappa shape index (κ3) is 3.82. The number of imidazole rings is 1. The number of nitrogens with zero attached hydrogens (tertiary/aromatic N) is 2. The Bertz CT molecular complexity index is 1130. The molecular formula is C22H19LiN2O3. The van der Waals surface area contributed by atoms with Gasteiger partial charge in [-0.05, 0) is 41.5 Å². The molecule has 28 heavy (non-hydrogen) atoms. The van der Waals surface area contributed by atoms with E-state index >= 15 is 0 Å². The number of benzene rings is 3. The molecule has 0 fully saturated rings. The van der Waals surface area contributed by atoms with Crippen LogP contribution in [-0.2, 0) is 11.2 Å². The van der Waals surface area contributed by atoms with Crippen molar-refractivity contribution in [1.29, 1.82) is 0 Å². The maximum absolute atomic E-state index is 10.8. The van der Waals surface area contributed by atoms with E-state index < -0.39 is 5.97 Å². The second kappa shape index (κ2) is 8.35. The number of para-hydroxylation sites is 1. The van der Waals surface area contributed by atoms with Gasteiger partial charge in [-0.15, -0.1) is 0 Å². The van der Waals surface area contributed by atoms with Crippen molar-refractivity contribution in [3.8, 4) is 22.6 Å². The molecule has 5 nitrogen and oxygen atoms in total. The van der Waals surface area contributed by atoms with Gasteiger partial charge in [-0.2, -0.15) is 0 Å². The van der Waals surface area contributed by atoms with Crippen molar-refractivity contribution in [3.63, 3.8) is 0 Å². The molecule has 0 unspecified atom stereocenters. The molecule has 3 aromatic carbocycles. The molecule has 0 bridgehead atoms. The van der Waals surface area contributed by atoms with Gasteiger partial charge in [0.2, 0.25) is 0 Å². The molecule has 4 rings (SSSR count). The first-order valence-corrected chi connectivity index (χ1v) is 8.57. The molecular weight excluding hydrogens is 347 g/mol. The average Bonchev–Trinajstić information content (AvgIpc) is 3.11. The zero-order chi connectivity index (χ0) is 18.8. The van der Waals surface area contributed by atoms with E-state index in [0.717, 1.165) is 39.2 Å². The van der Waals surface area contributed by atoms with Crippen LogP contribution in [0.15, 0.2) is 73.1 Å². The van der Waals surface area contributed by atoms with Crippen molar-refractivity contribution in [2.24, 2.45) is 0 Å². The summed E-state index contributed by atoms with van der Waals surface area (Å²) < 4.78 is 7.45. The molecule has 1 heterocycles. The predicted octanol–water partition coefficient (Wildman–Crippen LogP) is 1.44. The smallest absolute Gasteiger partial charge is 1.00 e. The van der Waals surface area contributed by atoms with Crippen molar-refractivity contribution in [3.05, 3.63) is 78.6 Å². The summed E-state index contributed by atoms with van der Waals surface area (Å²) in [6, 6.07) is 21.5. The van der Waals surface area contributed by atoms with Crippen molar-refractivity contribution >= 4 is 17.0 Å². The van der Waals surface area contributed by atoms with Gasteiger partial charge in [0, 0.05) is 11.3 Å². The number of rotatable bonds is 5. The van der Waals surface area contributed by atoms with Crippen LogP contribution in [0.2, 0.25) is 0 Å². The largest absolute Gasteiger partial charge is 1.00 e. The molecule has 0 radical (unpaired) electrons. The fraction of sp³-hybridized carbons (Fsp3) is 0.0909. The zero-order valence-electron chi connectivity index (χ0n) is 16.8. The summed E-state index contributed by atoms with van der Waals surface area (Å²) in [5.41, 5.74) is 5.65. The van der Waals surface area contributed by atoms with Gasteiger partial charge < -0.3 is 11.3 Å². The summed E-state index contributed by atoms with van der Waals surface area (Å²) in [7, 11) is 1.67. The summed E-state index contributed by atoms with van der Waals surface area (Å²) in [5, 5.41) is 8.89. The molecule has 6 heteroatoms. The number of hydrogen-bond acceptors (Lipinski definition) is 3. The van der Waals surface area contributed by atoms with Crippen LogP contribution in [-0.4, -0.2) is 27.7 Å². The first kappa shape index (κ1) is 19.8. The van der Waals surface area contributed by atoms with E-state index in [1.807, 2.05) is 65.2 Å². The van der Waals surface area contributed by atoms with Crippen molar-refractivity contribution in [2.45, 2.75) is 6.42 Å². The summed E-state index contributed by atoms with van der Waals surface area (Å²) >= 11 is 0. The molecule has 0 saturated carbocycles. The van der Waals surface area contributed by atoms with Gasteiger partial charge >= 0.3 is 24.8 Å². The number of fused-ring (bicyclic) bond motifs is 1. The minimum absolute atomic E-state index is 0. The van der Waals surface area contributed by atoms with Crippen molar-refractivity contribution in [2.75, 3.05) is 7.11 Å². The van der Waals surface area contributed by atoms with Crippen LogP contribution in [0.5, 0.6) is 5.75 Å². The quantitative estimate of drug-likeness (QED) is 0.543. The molecule has 0 aliphatic carbocycles. The molecule has 0 spiro atoms. The Hall–Kier alpha value is -3.00.